The van der Waals surface area contributed by atoms with E-state index in [1.165, 1.54) is 12.3 Å². The third kappa shape index (κ3) is 2.84. The van der Waals surface area contributed by atoms with Crippen LogP contribution in [0.1, 0.15) is 29.8 Å². The predicted octanol–water partition coefficient (Wildman–Crippen LogP) is 1.55. The van der Waals surface area contributed by atoms with Crippen molar-refractivity contribution in [1.29, 1.82) is 0 Å². The van der Waals surface area contributed by atoms with Gasteiger partial charge in [0.05, 0.1) is 15.5 Å². The van der Waals surface area contributed by atoms with Crippen molar-refractivity contribution in [1.82, 2.24) is 19.9 Å². The van der Waals surface area contributed by atoms with Crippen LogP contribution in [0, 0.1) is 12.5 Å². The molecule has 2 atom stereocenters. The van der Waals surface area contributed by atoms with E-state index >= 15 is 0 Å². The van der Waals surface area contributed by atoms with Crippen molar-refractivity contribution in [2.75, 3.05) is 31.4 Å². The summed E-state index contributed by atoms with van der Waals surface area (Å²) >= 11 is 0. The van der Waals surface area contributed by atoms with Crippen LogP contribution in [0.5, 0.6) is 0 Å². The fourth-order valence-corrected chi connectivity index (χ4v) is 2.08. The molecule has 1 saturated heterocycles. The van der Waals surface area contributed by atoms with E-state index in [-0.39, 0.29) is 20.8 Å². The minimum absolute atomic E-state index is 0.0338. The number of nitrogens with zero attached hydrogens (tertiary/aromatic N) is 5. The lowest BCUT2D eigenvalue weighted by Crippen LogP contribution is -2.53. The number of H-pyrrole nitrogens is 1. The van der Waals surface area contributed by atoms with E-state index < -0.39 is 62.8 Å². The number of hydrogen-bond acceptors (Lipinski definition) is 4. The summed E-state index contributed by atoms with van der Waals surface area (Å²) in [5, 5.41) is -0.0571. The molecule has 2 aromatic rings. The summed E-state index contributed by atoms with van der Waals surface area (Å²) in [6.45, 7) is -5.83. The minimum atomic E-state index is -3.72. The molecule has 2 aromatic heterocycles. The smallest absolute Gasteiger partial charge is 0.302 e. The monoisotopic (exact) mass is 324 g/mol. The van der Waals surface area contributed by atoms with Crippen LogP contribution >= 0.6 is 0 Å². The Bertz CT molecular complexity index is 1220. The number of piperidine rings is 1. The summed E-state index contributed by atoms with van der Waals surface area (Å²) in [6.07, 6.45) is -0.501. The maximum absolute atomic E-state index is 12.9. The van der Waals surface area contributed by atoms with Crippen molar-refractivity contribution in [3.63, 3.8) is 0 Å². The first-order valence-electron chi connectivity index (χ1n) is 12.5. The van der Waals surface area contributed by atoms with Gasteiger partial charge in [-0.1, -0.05) is 6.92 Å². The summed E-state index contributed by atoms with van der Waals surface area (Å²) in [4.78, 5) is 25.4. The topological polar surface area (TPSA) is 69.5 Å². The molecule has 7 heteroatoms. The Hall–Kier alpha value is -2.62. The van der Waals surface area contributed by atoms with Gasteiger partial charge in [-0.2, -0.15) is 0 Å². The van der Waals surface area contributed by atoms with Crippen molar-refractivity contribution in [3.05, 3.63) is 30.0 Å². The van der Waals surface area contributed by atoms with E-state index in [2.05, 4.69) is 19.8 Å². The van der Waals surface area contributed by atoms with Crippen LogP contribution in [0.2, 0.25) is 0 Å². The summed E-state index contributed by atoms with van der Waals surface area (Å²) in [6, 6.07) is -2.07. The molecular formula is C16H20N6O. The van der Waals surface area contributed by atoms with Crippen LogP contribution in [0.25, 0.3) is 15.9 Å². The highest BCUT2D eigenvalue weighted by atomic mass is 16.2. The maximum Gasteiger partial charge on any atom is 0.302 e. The molecule has 0 aliphatic carbocycles. The molecule has 23 heavy (non-hydrogen) atoms. The van der Waals surface area contributed by atoms with E-state index in [0.717, 1.165) is 6.92 Å². The Balaban J connectivity index is 2.42. The molecule has 3 rings (SSSR count). The minimum Gasteiger partial charge on any atom is -0.354 e. The second-order valence-electron chi connectivity index (χ2n) is 4.66. The molecule has 0 saturated carbocycles. The summed E-state index contributed by atoms with van der Waals surface area (Å²) in [5.41, 5.74) is -0.0338. The Morgan fingerprint density at radius 2 is 2.70 bits per heavy atom. The van der Waals surface area contributed by atoms with Gasteiger partial charge in [-0.15, -0.1) is 0 Å². The average Bonchev–Trinajstić information content (AvgIpc) is 3.12. The molecule has 0 bridgehead atoms. The van der Waals surface area contributed by atoms with Crippen molar-refractivity contribution in [2.24, 2.45) is 5.89 Å². The zero-order valence-electron chi connectivity index (χ0n) is 24.0. The van der Waals surface area contributed by atoms with E-state index in [1.54, 1.807) is 0 Å². The van der Waals surface area contributed by atoms with Crippen molar-refractivity contribution >= 4 is 22.8 Å². The number of hydrogen-bond donors (Lipinski definition) is 1. The van der Waals surface area contributed by atoms with Crippen LogP contribution in [-0.4, -0.2) is 58.2 Å². The highest BCUT2D eigenvalue weighted by molar-refractivity contribution is 5.87. The zero-order chi connectivity index (χ0) is 27.0. The van der Waals surface area contributed by atoms with Crippen molar-refractivity contribution in [2.45, 2.75) is 19.4 Å². The highest BCUT2D eigenvalue weighted by Crippen LogP contribution is 2.28. The highest BCUT2D eigenvalue weighted by Gasteiger charge is 2.33. The molecule has 1 amide bonds. The normalized spacial score (nSPS) is 40.8. The lowest BCUT2D eigenvalue weighted by Gasteiger charge is -2.41. The average molecular weight is 324 g/mol. The number of rotatable bonds is 3. The molecule has 0 aromatic carbocycles. The van der Waals surface area contributed by atoms with Crippen molar-refractivity contribution in [3.8, 4) is 0 Å². The van der Waals surface area contributed by atoms with Gasteiger partial charge in [0.25, 0.3) is 6.50 Å². The van der Waals surface area contributed by atoms with E-state index in [1.807, 2.05) is 0 Å². The number of aromatic amines is 1. The lowest BCUT2D eigenvalue weighted by molar-refractivity contribution is -0.130. The van der Waals surface area contributed by atoms with Gasteiger partial charge < -0.3 is 19.6 Å². The second kappa shape index (κ2) is 6.24. The van der Waals surface area contributed by atoms with Crippen LogP contribution in [-0.2, 0) is 4.79 Å². The van der Waals surface area contributed by atoms with Crippen LogP contribution < -0.4 is 4.90 Å². The number of anilines is 1. The number of nitrogens with one attached hydrogen (secondary N) is 1. The molecule has 0 unspecified atom stereocenters. The fraction of sp³-hybridized carbons (Fsp3) is 0.500. The zero-order valence-corrected chi connectivity index (χ0v) is 12.0. The van der Waals surface area contributed by atoms with E-state index in [4.69, 9.17) is 23.0 Å². The number of carbonyl (C=O) groups excluding carboxylic acids is 1. The molecule has 120 valence electrons. The summed E-state index contributed by atoms with van der Waals surface area (Å²) in [5.74, 6) is -5.23. The molecule has 3 heterocycles. The standard InChI is InChI=1S/C16H20N6O/c1-11-5-7-22(14(23)8-17-2)9-13(11)21(3)16-12-4-6-18-15(12)19-10-20-16/h4,6,10-11,13H,5,7-9H2,1,3H3,(H,18,19,20)/t11-,13+/m1/s1/i3D3,7D2,8D2,9D2,10D,11D,13D. The van der Waals surface area contributed by atoms with Crippen LogP contribution in [0.3, 0.4) is 0 Å². The molecule has 1 fully saturated rings. The van der Waals surface area contributed by atoms with Gasteiger partial charge in [-0.25, -0.2) is 16.5 Å². The maximum atomic E-state index is 12.9. The Kier molecular flexibility index (Phi) is 1.76. The molecule has 0 spiro atoms. The number of fused-ring (bicyclic) bond motifs is 1. The molecule has 0 radical (unpaired) electrons. The largest absolute Gasteiger partial charge is 0.354 e. The third-order valence-corrected chi connectivity index (χ3v) is 3.20. The third-order valence-electron chi connectivity index (χ3n) is 3.20. The van der Waals surface area contributed by atoms with Gasteiger partial charge in [0.15, 0.2) is 0 Å². The SMILES string of the molecule is [2H]c1nc(N(C([2H])([2H])[2H])[C@@]2([2H])C([2H])([2H])N(C(=O)C([2H])([2H])[N+]#[C-])C([2H])([2H])C[C@@]2([2H])C)c2cc[nH]c2n1. The van der Waals surface area contributed by atoms with E-state index in [9.17, 15) is 4.79 Å². The second-order valence-corrected chi connectivity index (χ2v) is 4.66. The summed E-state index contributed by atoms with van der Waals surface area (Å²) < 4.78 is 99.1. The van der Waals surface area contributed by atoms with Gasteiger partial charge in [0.2, 0.25) is 0 Å². The molecule has 1 aliphatic rings. The predicted molar refractivity (Wildman–Crippen MR) is 87.9 cm³/mol. The number of aromatic nitrogens is 3. The lowest BCUT2D eigenvalue weighted by atomic mass is 9.92. The number of likely N-dealkylation sites (tertiary alicyclic amines) is 1. The Labute approximate surface area is 152 Å². The van der Waals surface area contributed by atoms with Gasteiger partial charge in [0, 0.05) is 34.4 Å². The number of likely N-dealkylation sites (N-methyl/N-ethyl adjacent to an activating group) is 1. The number of carbonyl (C=O) groups is 1. The molecule has 1 aliphatic heterocycles. The fourth-order valence-electron chi connectivity index (χ4n) is 2.08. The molecule has 7 nitrogen and oxygen atoms in total. The number of amides is 1. The Morgan fingerprint density at radius 1 is 1.83 bits per heavy atom. The van der Waals surface area contributed by atoms with E-state index in [0.29, 0.717) is 0 Å². The first-order chi connectivity index (χ1) is 15.6. The van der Waals surface area contributed by atoms with Gasteiger partial charge in [-0.3, -0.25) is 4.79 Å². The molecular weight excluding hydrogens is 292 g/mol. The van der Waals surface area contributed by atoms with Gasteiger partial charge in [0.1, 0.15) is 21.9 Å². The first kappa shape index (κ1) is 6.48. The van der Waals surface area contributed by atoms with Crippen LogP contribution in [0.4, 0.5) is 5.82 Å². The quantitative estimate of drug-likeness (QED) is 0.870. The Morgan fingerprint density at radius 3 is 3.48 bits per heavy atom. The molecule has 1 N–H and O–H groups in total. The van der Waals surface area contributed by atoms with Gasteiger partial charge >= 0.3 is 5.91 Å². The van der Waals surface area contributed by atoms with Gasteiger partial charge in [-0.05, 0) is 18.4 Å². The van der Waals surface area contributed by atoms with Crippen molar-refractivity contribution < 1.29 is 21.2 Å². The first-order valence-corrected chi connectivity index (χ1v) is 6.51. The summed E-state index contributed by atoms with van der Waals surface area (Å²) in [7, 11) is 0. The van der Waals surface area contributed by atoms with Crippen LogP contribution in [0.15, 0.2) is 18.6 Å².